The van der Waals surface area contributed by atoms with Crippen LogP contribution >= 0.6 is 0 Å². The van der Waals surface area contributed by atoms with E-state index in [0.717, 1.165) is 51.2 Å². The molecule has 0 aromatic carbocycles. The topological polar surface area (TPSA) is 47.9 Å². The molecule has 0 spiro atoms. The van der Waals surface area contributed by atoms with Crippen LogP contribution in [0.1, 0.15) is 52.4 Å². The van der Waals surface area contributed by atoms with Gasteiger partial charge in [0.25, 0.3) is 0 Å². The highest BCUT2D eigenvalue weighted by Gasteiger charge is 2.26. The lowest BCUT2D eigenvalue weighted by atomic mass is 9.79. The third-order valence-corrected chi connectivity index (χ3v) is 4.22. The van der Waals surface area contributed by atoms with Crippen molar-refractivity contribution in [3.8, 4) is 0 Å². The Morgan fingerprint density at radius 2 is 1.52 bits per heavy atom. The van der Waals surface area contributed by atoms with E-state index in [-0.39, 0.29) is 6.10 Å². The molecule has 1 saturated carbocycles. The number of rotatable bonds is 12. The van der Waals surface area contributed by atoms with Gasteiger partial charge >= 0.3 is 0 Å². The molecular formula is C17H34O4. The molecule has 0 aromatic rings. The summed E-state index contributed by atoms with van der Waals surface area (Å²) in [5, 5.41) is 9.95. The van der Waals surface area contributed by atoms with Crippen molar-refractivity contribution in [1.29, 1.82) is 0 Å². The summed E-state index contributed by atoms with van der Waals surface area (Å²) in [6, 6.07) is 0. The summed E-state index contributed by atoms with van der Waals surface area (Å²) in [5.74, 6) is 1.16. The molecule has 0 amide bonds. The van der Waals surface area contributed by atoms with Crippen molar-refractivity contribution in [2.75, 3.05) is 39.6 Å². The predicted octanol–water partition coefficient (Wildman–Crippen LogP) is 3.02. The van der Waals surface area contributed by atoms with Crippen LogP contribution in [0.2, 0.25) is 0 Å². The predicted molar refractivity (Wildman–Crippen MR) is 84.5 cm³/mol. The van der Waals surface area contributed by atoms with Gasteiger partial charge < -0.3 is 19.3 Å². The number of aliphatic hydroxyl groups excluding tert-OH is 1. The molecular weight excluding hydrogens is 268 g/mol. The summed E-state index contributed by atoms with van der Waals surface area (Å²) >= 11 is 0. The van der Waals surface area contributed by atoms with E-state index in [9.17, 15) is 5.11 Å². The molecule has 0 aromatic heterocycles. The van der Waals surface area contributed by atoms with Gasteiger partial charge in [0.1, 0.15) is 0 Å². The zero-order chi connectivity index (χ0) is 15.3. The summed E-state index contributed by atoms with van der Waals surface area (Å²) in [7, 11) is 0. The fourth-order valence-corrected chi connectivity index (χ4v) is 2.82. The van der Waals surface area contributed by atoms with E-state index in [2.05, 4.69) is 13.8 Å². The average Bonchev–Trinajstić information content (AvgIpc) is 2.48. The van der Waals surface area contributed by atoms with Crippen molar-refractivity contribution in [2.45, 2.75) is 58.5 Å². The third-order valence-electron chi connectivity index (χ3n) is 4.22. The molecule has 0 saturated heterocycles. The Hall–Kier alpha value is -0.160. The van der Waals surface area contributed by atoms with E-state index in [1.807, 2.05) is 0 Å². The van der Waals surface area contributed by atoms with Gasteiger partial charge in [-0.25, -0.2) is 0 Å². The van der Waals surface area contributed by atoms with Gasteiger partial charge in [-0.2, -0.15) is 0 Å². The van der Waals surface area contributed by atoms with Crippen LogP contribution in [0, 0.1) is 11.8 Å². The van der Waals surface area contributed by atoms with E-state index in [1.165, 1.54) is 6.42 Å². The normalized spacial score (nSPS) is 26.1. The minimum absolute atomic E-state index is 0.124. The number of unbranched alkanes of at least 4 members (excludes halogenated alkanes) is 1. The fraction of sp³-hybridized carbons (Fsp3) is 1.00. The summed E-state index contributed by atoms with van der Waals surface area (Å²) in [4.78, 5) is 0. The molecule has 0 aliphatic heterocycles. The zero-order valence-electron chi connectivity index (χ0n) is 13.9. The molecule has 3 unspecified atom stereocenters. The first-order valence-electron chi connectivity index (χ1n) is 8.65. The molecule has 0 heterocycles. The molecule has 1 rings (SSSR count). The third kappa shape index (κ3) is 9.46. The molecule has 1 aliphatic carbocycles. The van der Waals surface area contributed by atoms with E-state index < -0.39 is 0 Å². The van der Waals surface area contributed by atoms with E-state index in [1.54, 1.807) is 0 Å². The second-order valence-corrected chi connectivity index (χ2v) is 6.22. The number of hydrogen-bond acceptors (Lipinski definition) is 4. The lowest BCUT2D eigenvalue weighted by molar-refractivity contribution is -0.00131. The van der Waals surface area contributed by atoms with Gasteiger partial charge in [-0.1, -0.05) is 20.3 Å². The van der Waals surface area contributed by atoms with Crippen molar-refractivity contribution < 1.29 is 19.3 Å². The highest BCUT2D eigenvalue weighted by molar-refractivity contribution is 4.77. The van der Waals surface area contributed by atoms with Gasteiger partial charge in [-0.15, -0.1) is 0 Å². The smallest absolute Gasteiger partial charge is 0.0701 e. The molecule has 4 nitrogen and oxygen atoms in total. The Kier molecular flexibility index (Phi) is 11.1. The average molecular weight is 302 g/mol. The van der Waals surface area contributed by atoms with Crippen LogP contribution in [0.25, 0.3) is 0 Å². The molecule has 0 bridgehead atoms. The van der Waals surface area contributed by atoms with Crippen LogP contribution in [-0.2, 0) is 14.2 Å². The van der Waals surface area contributed by atoms with Gasteiger partial charge in [-0.05, 0) is 43.9 Å². The van der Waals surface area contributed by atoms with Gasteiger partial charge in [0.05, 0.1) is 32.5 Å². The molecule has 126 valence electrons. The second kappa shape index (κ2) is 12.4. The summed E-state index contributed by atoms with van der Waals surface area (Å²) < 4.78 is 16.4. The molecule has 1 aliphatic rings. The van der Waals surface area contributed by atoms with E-state index in [0.29, 0.717) is 32.3 Å². The zero-order valence-corrected chi connectivity index (χ0v) is 13.9. The molecule has 1 N–H and O–H groups in total. The molecule has 0 radical (unpaired) electrons. The highest BCUT2D eigenvalue weighted by atomic mass is 16.5. The quantitative estimate of drug-likeness (QED) is 0.563. The maximum Gasteiger partial charge on any atom is 0.0701 e. The van der Waals surface area contributed by atoms with Crippen molar-refractivity contribution in [3.63, 3.8) is 0 Å². The van der Waals surface area contributed by atoms with Gasteiger partial charge in [-0.3, -0.25) is 0 Å². The largest absolute Gasteiger partial charge is 0.393 e. The summed E-state index contributed by atoms with van der Waals surface area (Å²) in [6.07, 6.45) is 6.38. The van der Waals surface area contributed by atoms with Crippen LogP contribution in [0.15, 0.2) is 0 Å². The van der Waals surface area contributed by atoms with Gasteiger partial charge in [0.15, 0.2) is 0 Å². The maximum absolute atomic E-state index is 9.95. The molecule has 3 atom stereocenters. The van der Waals surface area contributed by atoms with Crippen molar-refractivity contribution >= 4 is 0 Å². The molecule has 4 heteroatoms. The standard InChI is InChI=1S/C17H34O4/c1-3-4-8-19-10-12-21-13-11-20-9-7-16-14-15(2)5-6-17(16)18/h15-18H,3-14H2,1-2H3. The van der Waals surface area contributed by atoms with Crippen LogP contribution in [-0.4, -0.2) is 50.9 Å². The number of hydrogen-bond donors (Lipinski definition) is 1. The SMILES string of the molecule is CCCCOCCOCCOCCC1CC(C)CCC1O. The Balaban J connectivity index is 1.84. The van der Waals surface area contributed by atoms with Crippen LogP contribution in [0.3, 0.4) is 0 Å². The lowest BCUT2D eigenvalue weighted by Crippen LogP contribution is -2.29. The summed E-state index contributed by atoms with van der Waals surface area (Å²) in [6.45, 7) is 8.57. The Bertz CT molecular complexity index is 235. The lowest BCUT2D eigenvalue weighted by Gasteiger charge is -2.31. The molecule has 1 fully saturated rings. The first kappa shape index (κ1) is 18.9. The van der Waals surface area contributed by atoms with Crippen molar-refractivity contribution in [2.24, 2.45) is 11.8 Å². The van der Waals surface area contributed by atoms with Gasteiger partial charge in [0, 0.05) is 13.2 Å². The number of aliphatic hydroxyl groups is 1. The van der Waals surface area contributed by atoms with E-state index in [4.69, 9.17) is 14.2 Å². The Morgan fingerprint density at radius 1 is 0.905 bits per heavy atom. The molecule has 21 heavy (non-hydrogen) atoms. The minimum Gasteiger partial charge on any atom is -0.393 e. The second-order valence-electron chi connectivity index (χ2n) is 6.22. The van der Waals surface area contributed by atoms with Crippen LogP contribution in [0.5, 0.6) is 0 Å². The monoisotopic (exact) mass is 302 g/mol. The van der Waals surface area contributed by atoms with Crippen molar-refractivity contribution in [3.05, 3.63) is 0 Å². The van der Waals surface area contributed by atoms with E-state index >= 15 is 0 Å². The van der Waals surface area contributed by atoms with Gasteiger partial charge in [0.2, 0.25) is 0 Å². The number of ether oxygens (including phenoxy) is 3. The summed E-state index contributed by atoms with van der Waals surface area (Å²) in [5.41, 5.74) is 0. The van der Waals surface area contributed by atoms with Crippen LogP contribution in [0.4, 0.5) is 0 Å². The Labute approximate surface area is 130 Å². The fourth-order valence-electron chi connectivity index (χ4n) is 2.82. The first-order chi connectivity index (χ1) is 10.2. The highest BCUT2D eigenvalue weighted by Crippen LogP contribution is 2.30. The van der Waals surface area contributed by atoms with Crippen molar-refractivity contribution in [1.82, 2.24) is 0 Å². The van der Waals surface area contributed by atoms with Crippen LogP contribution < -0.4 is 0 Å². The minimum atomic E-state index is -0.124. The Morgan fingerprint density at radius 3 is 2.19 bits per heavy atom. The maximum atomic E-state index is 9.95. The first-order valence-corrected chi connectivity index (χ1v) is 8.65.